The molecule has 3 heterocycles. The fraction of sp³-hybridized carbons (Fsp3) is 0.217. The Balaban J connectivity index is 1.35. The number of aryl methyl sites for hydroxylation is 1. The van der Waals surface area contributed by atoms with Crippen LogP contribution in [0.1, 0.15) is 29.0 Å². The molecule has 1 unspecified atom stereocenters. The maximum Gasteiger partial charge on any atom is 0.275 e. The highest BCUT2D eigenvalue weighted by Crippen LogP contribution is 2.27. The number of benzene rings is 2. The van der Waals surface area contributed by atoms with Crippen molar-refractivity contribution in [1.29, 1.82) is 0 Å². The minimum atomic E-state index is -0.526. The number of anilines is 1. The van der Waals surface area contributed by atoms with Crippen LogP contribution in [0.5, 0.6) is 0 Å². The van der Waals surface area contributed by atoms with Crippen LogP contribution in [-0.4, -0.2) is 44.1 Å². The standard InChI is InChI=1S/C23H21N5O2S/c1-15-14-18(26-28(15)16-8-3-2-4-9-16)22(30)27-13-7-11-19(27)21(29)25-23-24-17-10-5-6-12-20(17)31-23/h2-6,8-10,12,14,19H,7,11,13H2,1H3,(H,24,25,29). The minimum absolute atomic E-state index is 0.205. The topological polar surface area (TPSA) is 80.1 Å². The summed E-state index contributed by atoms with van der Waals surface area (Å²) in [7, 11) is 0. The molecule has 5 rings (SSSR count). The van der Waals surface area contributed by atoms with Crippen molar-refractivity contribution >= 4 is 38.5 Å². The van der Waals surface area contributed by atoms with Crippen molar-refractivity contribution < 1.29 is 9.59 Å². The second-order valence-corrected chi connectivity index (χ2v) is 8.58. The van der Waals surface area contributed by atoms with Gasteiger partial charge in [0, 0.05) is 12.2 Å². The lowest BCUT2D eigenvalue weighted by molar-refractivity contribution is -0.119. The van der Waals surface area contributed by atoms with Crippen LogP contribution in [0.25, 0.3) is 15.9 Å². The lowest BCUT2D eigenvalue weighted by Crippen LogP contribution is -2.43. The number of nitrogens with one attached hydrogen (secondary N) is 1. The number of rotatable bonds is 4. The van der Waals surface area contributed by atoms with Crippen LogP contribution in [0.3, 0.4) is 0 Å². The van der Waals surface area contributed by atoms with Crippen LogP contribution in [0.2, 0.25) is 0 Å². The highest BCUT2D eigenvalue weighted by molar-refractivity contribution is 7.22. The van der Waals surface area contributed by atoms with Gasteiger partial charge in [0.05, 0.1) is 15.9 Å². The van der Waals surface area contributed by atoms with Crippen molar-refractivity contribution in [3.05, 3.63) is 72.1 Å². The average molecular weight is 432 g/mol. The summed E-state index contributed by atoms with van der Waals surface area (Å²) in [6, 6.07) is 18.7. The molecule has 0 radical (unpaired) electrons. The second-order valence-electron chi connectivity index (χ2n) is 7.55. The van der Waals surface area contributed by atoms with E-state index in [9.17, 15) is 9.59 Å². The molecule has 8 heteroatoms. The third-order valence-corrected chi connectivity index (χ3v) is 6.40. The molecule has 156 valence electrons. The summed E-state index contributed by atoms with van der Waals surface area (Å²) in [4.78, 5) is 32.3. The lowest BCUT2D eigenvalue weighted by atomic mass is 10.2. The Morgan fingerprint density at radius 1 is 1.10 bits per heavy atom. The number of thiazole rings is 1. The summed E-state index contributed by atoms with van der Waals surface area (Å²) in [6.07, 6.45) is 1.41. The van der Waals surface area contributed by atoms with Crippen LogP contribution >= 0.6 is 11.3 Å². The molecule has 1 N–H and O–H groups in total. The Morgan fingerprint density at radius 3 is 2.68 bits per heavy atom. The maximum absolute atomic E-state index is 13.2. The lowest BCUT2D eigenvalue weighted by Gasteiger charge is -2.22. The summed E-state index contributed by atoms with van der Waals surface area (Å²) in [5.74, 6) is -0.427. The van der Waals surface area contributed by atoms with E-state index in [4.69, 9.17) is 0 Å². The van der Waals surface area contributed by atoms with E-state index in [1.54, 1.807) is 15.6 Å². The van der Waals surface area contributed by atoms with E-state index in [1.165, 1.54) is 11.3 Å². The molecule has 2 aromatic heterocycles. The predicted molar refractivity (Wildman–Crippen MR) is 121 cm³/mol. The number of para-hydroxylation sites is 2. The molecule has 0 saturated carbocycles. The van der Waals surface area contributed by atoms with Gasteiger partial charge in [0.2, 0.25) is 5.91 Å². The predicted octanol–water partition coefficient (Wildman–Crippen LogP) is 4.03. The number of carbonyl (C=O) groups excluding carboxylic acids is 2. The zero-order valence-corrected chi connectivity index (χ0v) is 17.8. The Kier molecular flexibility index (Phi) is 4.99. The van der Waals surface area contributed by atoms with Gasteiger partial charge in [0.25, 0.3) is 5.91 Å². The quantitative estimate of drug-likeness (QED) is 0.529. The van der Waals surface area contributed by atoms with Crippen LogP contribution < -0.4 is 5.32 Å². The van der Waals surface area contributed by atoms with Gasteiger partial charge in [-0.2, -0.15) is 5.10 Å². The van der Waals surface area contributed by atoms with E-state index < -0.39 is 6.04 Å². The van der Waals surface area contributed by atoms with Crippen molar-refractivity contribution in [3.63, 3.8) is 0 Å². The largest absolute Gasteiger partial charge is 0.325 e. The number of aromatic nitrogens is 3. The van der Waals surface area contributed by atoms with E-state index >= 15 is 0 Å². The fourth-order valence-electron chi connectivity index (χ4n) is 3.95. The molecule has 1 aliphatic rings. The van der Waals surface area contributed by atoms with E-state index in [0.29, 0.717) is 23.8 Å². The van der Waals surface area contributed by atoms with Crippen molar-refractivity contribution in [1.82, 2.24) is 19.7 Å². The van der Waals surface area contributed by atoms with Crippen molar-refractivity contribution in [3.8, 4) is 5.69 Å². The Hall–Kier alpha value is -3.52. The molecule has 2 amide bonds. The number of fused-ring (bicyclic) bond motifs is 1. The van der Waals surface area contributed by atoms with Gasteiger partial charge in [0.1, 0.15) is 6.04 Å². The summed E-state index contributed by atoms with van der Waals surface area (Å²) >= 11 is 1.43. The molecule has 1 atom stereocenters. The normalized spacial score (nSPS) is 16.0. The minimum Gasteiger partial charge on any atom is -0.325 e. The Labute approximate surface area is 183 Å². The molecule has 2 aromatic carbocycles. The van der Waals surface area contributed by atoms with Gasteiger partial charge in [-0.1, -0.05) is 41.7 Å². The summed E-state index contributed by atoms with van der Waals surface area (Å²) in [5, 5.41) is 7.97. The van der Waals surface area contributed by atoms with E-state index in [-0.39, 0.29) is 11.8 Å². The van der Waals surface area contributed by atoms with Gasteiger partial charge in [-0.25, -0.2) is 9.67 Å². The Bertz CT molecular complexity index is 1230. The number of hydrogen-bond acceptors (Lipinski definition) is 5. The molecule has 0 aliphatic carbocycles. The van der Waals surface area contributed by atoms with Crippen LogP contribution in [0, 0.1) is 6.92 Å². The third kappa shape index (κ3) is 3.70. The highest BCUT2D eigenvalue weighted by Gasteiger charge is 2.36. The van der Waals surface area contributed by atoms with Gasteiger partial charge in [-0.3, -0.25) is 9.59 Å². The molecule has 0 bridgehead atoms. The number of likely N-dealkylation sites (tertiary alicyclic amines) is 1. The van der Waals surface area contributed by atoms with Crippen molar-refractivity contribution in [2.24, 2.45) is 0 Å². The van der Waals surface area contributed by atoms with Gasteiger partial charge in [-0.05, 0) is 50.1 Å². The van der Waals surface area contributed by atoms with E-state index in [0.717, 1.165) is 28.0 Å². The molecule has 4 aromatic rings. The van der Waals surface area contributed by atoms with Crippen molar-refractivity contribution in [2.45, 2.75) is 25.8 Å². The second kappa shape index (κ2) is 7.96. The molecule has 1 saturated heterocycles. The first-order valence-corrected chi connectivity index (χ1v) is 11.0. The zero-order chi connectivity index (χ0) is 21.4. The zero-order valence-electron chi connectivity index (χ0n) is 17.0. The third-order valence-electron chi connectivity index (χ3n) is 5.45. The SMILES string of the molecule is Cc1cc(C(=O)N2CCCC2C(=O)Nc2nc3ccccc3s2)nn1-c1ccccc1. The first kappa shape index (κ1) is 19.4. The van der Waals surface area contributed by atoms with E-state index in [2.05, 4.69) is 15.4 Å². The van der Waals surface area contributed by atoms with Gasteiger partial charge < -0.3 is 10.2 Å². The smallest absolute Gasteiger partial charge is 0.275 e. The molecular weight excluding hydrogens is 410 g/mol. The number of carbonyl (C=O) groups is 2. The van der Waals surface area contributed by atoms with Crippen molar-refractivity contribution in [2.75, 3.05) is 11.9 Å². The molecule has 7 nitrogen and oxygen atoms in total. The van der Waals surface area contributed by atoms with Crippen LogP contribution in [0.15, 0.2) is 60.7 Å². The fourth-order valence-corrected chi connectivity index (χ4v) is 4.82. The van der Waals surface area contributed by atoms with Gasteiger partial charge in [0.15, 0.2) is 10.8 Å². The number of hydrogen-bond donors (Lipinski definition) is 1. The van der Waals surface area contributed by atoms with E-state index in [1.807, 2.05) is 61.5 Å². The highest BCUT2D eigenvalue weighted by atomic mass is 32.1. The molecule has 1 fully saturated rings. The van der Waals surface area contributed by atoms with Gasteiger partial charge in [-0.15, -0.1) is 0 Å². The summed E-state index contributed by atoms with van der Waals surface area (Å²) in [6.45, 7) is 2.45. The first-order chi connectivity index (χ1) is 15.1. The molecule has 31 heavy (non-hydrogen) atoms. The number of amides is 2. The summed E-state index contributed by atoms with van der Waals surface area (Å²) in [5.41, 5.74) is 2.96. The average Bonchev–Trinajstić information content (AvgIpc) is 3.51. The molecule has 1 aliphatic heterocycles. The van der Waals surface area contributed by atoms with Crippen LogP contribution in [-0.2, 0) is 4.79 Å². The maximum atomic E-state index is 13.2. The molecule has 0 spiro atoms. The monoisotopic (exact) mass is 431 g/mol. The van der Waals surface area contributed by atoms with Gasteiger partial charge >= 0.3 is 0 Å². The Morgan fingerprint density at radius 2 is 1.87 bits per heavy atom. The summed E-state index contributed by atoms with van der Waals surface area (Å²) < 4.78 is 2.76. The molecular formula is C23H21N5O2S. The van der Waals surface area contributed by atoms with Crippen LogP contribution in [0.4, 0.5) is 5.13 Å². The number of nitrogens with zero attached hydrogens (tertiary/aromatic N) is 4. The first-order valence-electron chi connectivity index (χ1n) is 10.2.